The molecule has 1 aromatic heterocycles. The van der Waals surface area contributed by atoms with Crippen LogP contribution in [-0.2, 0) is 23.6 Å². The molecule has 21 heavy (non-hydrogen) atoms. The Labute approximate surface area is 120 Å². The molecular formula is C11H13N5O4S. The quantitative estimate of drug-likeness (QED) is 0.466. The van der Waals surface area contributed by atoms with Crippen molar-refractivity contribution in [3.8, 4) is 0 Å². The Kier molecular flexibility index (Phi) is 3.91. The lowest BCUT2D eigenvalue weighted by molar-refractivity contribution is -0.383. The van der Waals surface area contributed by atoms with Crippen molar-refractivity contribution in [1.29, 1.82) is 0 Å². The molecule has 0 aliphatic rings. The molecule has 0 saturated heterocycles. The smallest absolute Gasteiger partial charge is 0.292 e. The van der Waals surface area contributed by atoms with Crippen LogP contribution in [0.1, 0.15) is 5.56 Å². The minimum atomic E-state index is -3.80. The zero-order valence-electron chi connectivity index (χ0n) is 11.1. The molecule has 0 saturated carbocycles. The first kappa shape index (κ1) is 14.9. The van der Waals surface area contributed by atoms with Crippen LogP contribution in [0.4, 0.5) is 11.4 Å². The van der Waals surface area contributed by atoms with Gasteiger partial charge in [0.25, 0.3) is 5.69 Å². The molecule has 0 amide bonds. The van der Waals surface area contributed by atoms with Crippen LogP contribution < -0.4 is 10.5 Å². The molecular weight excluding hydrogens is 298 g/mol. The first-order valence-corrected chi connectivity index (χ1v) is 7.29. The molecule has 1 aromatic carbocycles. The molecule has 9 nitrogen and oxygen atoms in total. The van der Waals surface area contributed by atoms with Crippen LogP contribution in [0.3, 0.4) is 0 Å². The summed E-state index contributed by atoms with van der Waals surface area (Å²) in [5, 5.41) is 14.6. The van der Waals surface area contributed by atoms with Gasteiger partial charge in [-0.15, -0.1) is 0 Å². The Bertz CT molecular complexity index is 784. The summed E-state index contributed by atoms with van der Waals surface area (Å²) in [4.78, 5) is 9.85. The van der Waals surface area contributed by atoms with Crippen LogP contribution in [0, 0.1) is 10.1 Å². The number of nitrogens with two attached hydrogens (primary N) is 1. The van der Waals surface area contributed by atoms with Crippen molar-refractivity contribution >= 4 is 21.4 Å². The van der Waals surface area contributed by atoms with Crippen molar-refractivity contribution in [3.63, 3.8) is 0 Å². The molecule has 0 fully saturated rings. The SMILES string of the molecule is Cn1cc(CNS(=O)(=O)c2ccc([N+](=O)[O-])c(N)c2)cn1. The van der Waals surface area contributed by atoms with Gasteiger partial charge in [0.15, 0.2) is 0 Å². The minimum Gasteiger partial charge on any atom is -0.393 e. The second-order valence-corrected chi connectivity index (χ2v) is 6.09. The number of nitrogens with zero attached hydrogens (tertiary/aromatic N) is 3. The molecule has 0 bridgehead atoms. The number of sulfonamides is 1. The van der Waals surface area contributed by atoms with Crippen molar-refractivity contribution in [3.05, 3.63) is 46.3 Å². The lowest BCUT2D eigenvalue weighted by atomic mass is 10.3. The fraction of sp³-hybridized carbons (Fsp3) is 0.182. The van der Waals surface area contributed by atoms with Gasteiger partial charge in [0, 0.05) is 31.4 Å². The Balaban J connectivity index is 2.19. The lowest BCUT2D eigenvalue weighted by Gasteiger charge is -2.06. The number of nitro benzene ring substituents is 1. The van der Waals surface area contributed by atoms with Crippen molar-refractivity contribution in [2.45, 2.75) is 11.4 Å². The van der Waals surface area contributed by atoms with Crippen LogP contribution in [0.5, 0.6) is 0 Å². The van der Waals surface area contributed by atoms with Crippen LogP contribution in [-0.4, -0.2) is 23.1 Å². The highest BCUT2D eigenvalue weighted by Crippen LogP contribution is 2.24. The van der Waals surface area contributed by atoms with Crippen LogP contribution in [0.25, 0.3) is 0 Å². The largest absolute Gasteiger partial charge is 0.393 e. The van der Waals surface area contributed by atoms with E-state index in [4.69, 9.17) is 5.73 Å². The second kappa shape index (κ2) is 5.50. The Morgan fingerprint density at radius 1 is 1.48 bits per heavy atom. The summed E-state index contributed by atoms with van der Waals surface area (Å²) in [6.07, 6.45) is 3.21. The fourth-order valence-corrected chi connectivity index (χ4v) is 2.74. The molecule has 0 aliphatic heterocycles. The maximum atomic E-state index is 12.1. The van der Waals surface area contributed by atoms with Crippen molar-refractivity contribution < 1.29 is 13.3 Å². The number of hydrogen-bond acceptors (Lipinski definition) is 6. The van der Waals surface area contributed by atoms with E-state index in [1.165, 1.54) is 6.20 Å². The van der Waals surface area contributed by atoms with E-state index in [1.54, 1.807) is 17.9 Å². The molecule has 10 heteroatoms. The van der Waals surface area contributed by atoms with E-state index in [0.717, 1.165) is 18.2 Å². The molecule has 0 unspecified atom stereocenters. The van der Waals surface area contributed by atoms with Gasteiger partial charge in [-0.1, -0.05) is 0 Å². The Morgan fingerprint density at radius 2 is 2.19 bits per heavy atom. The summed E-state index contributed by atoms with van der Waals surface area (Å²) in [5.41, 5.74) is 5.64. The van der Waals surface area contributed by atoms with E-state index in [9.17, 15) is 18.5 Å². The number of rotatable bonds is 5. The normalized spacial score (nSPS) is 11.5. The number of aromatic nitrogens is 2. The number of benzene rings is 1. The van der Waals surface area contributed by atoms with E-state index in [0.29, 0.717) is 5.56 Å². The summed E-state index contributed by atoms with van der Waals surface area (Å²) < 4.78 is 28.1. The number of hydrogen-bond donors (Lipinski definition) is 2. The molecule has 0 radical (unpaired) electrons. The predicted molar refractivity (Wildman–Crippen MR) is 74.7 cm³/mol. The van der Waals surface area contributed by atoms with E-state index < -0.39 is 14.9 Å². The zero-order valence-corrected chi connectivity index (χ0v) is 11.9. The van der Waals surface area contributed by atoms with E-state index in [2.05, 4.69) is 9.82 Å². The fourth-order valence-electron chi connectivity index (χ4n) is 1.69. The number of nitrogen functional groups attached to an aromatic ring is 1. The first-order valence-electron chi connectivity index (χ1n) is 5.81. The molecule has 2 rings (SSSR count). The highest BCUT2D eigenvalue weighted by Gasteiger charge is 2.19. The number of anilines is 1. The standard InChI is InChI=1S/C11H13N5O4S/c1-15-7-8(5-13-15)6-14-21(19,20)9-2-3-11(16(17)18)10(12)4-9/h2-5,7,14H,6,12H2,1H3. The van der Waals surface area contributed by atoms with Gasteiger partial charge in [-0.3, -0.25) is 14.8 Å². The third-order valence-corrected chi connectivity index (χ3v) is 4.13. The molecule has 1 heterocycles. The summed E-state index contributed by atoms with van der Waals surface area (Å²) in [6.45, 7) is 0.0626. The monoisotopic (exact) mass is 311 g/mol. The van der Waals surface area contributed by atoms with Gasteiger partial charge in [-0.05, 0) is 12.1 Å². The van der Waals surface area contributed by atoms with Gasteiger partial charge in [0.05, 0.1) is 16.0 Å². The topological polar surface area (TPSA) is 133 Å². The Morgan fingerprint density at radius 3 is 2.71 bits per heavy atom. The van der Waals surface area contributed by atoms with Gasteiger partial charge in [-0.2, -0.15) is 5.10 Å². The van der Waals surface area contributed by atoms with E-state index in [1.807, 2.05) is 0 Å². The van der Waals surface area contributed by atoms with Crippen LogP contribution >= 0.6 is 0 Å². The lowest BCUT2D eigenvalue weighted by Crippen LogP contribution is -2.23. The summed E-state index contributed by atoms with van der Waals surface area (Å²) in [7, 11) is -2.09. The highest BCUT2D eigenvalue weighted by atomic mass is 32.2. The van der Waals surface area contributed by atoms with Crippen molar-refractivity contribution in [1.82, 2.24) is 14.5 Å². The minimum absolute atomic E-state index is 0.0626. The van der Waals surface area contributed by atoms with Crippen molar-refractivity contribution in [2.24, 2.45) is 7.05 Å². The van der Waals surface area contributed by atoms with Crippen LogP contribution in [0.2, 0.25) is 0 Å². The molecule has 0 aliphatic carbocycles. The molecule has 112 valence electrons. The highest BCUT2D eigenvalue weighted by molar-refractivity contribution is 7.89. The van der Waals surface area contributed by atoms with Crippen LogP contribution in [0.15, 0.2) is 35.5 Å². The average Bonchev–Trinajstić information content (AvgIpc) is 2.82. The predicted octanol–water partition coefficient (Wildman–Crippen LogP) is 0.389. The Hall–Kier alpha value is -2.46. The molecule has 0 atom stereocenters. The maximum Gasteiger partial charge on any atom is 0.292 e. The van der Waals surface area contributed by atoms with Gasteiger partial charge >= 0.3 is 0 Å². The first-order chi connectivity index (χ1) is 9.79. The molecule has 2 aromatic rings. The zero-order chi connectivity index (χ0) is 15.6. The molecule has 3 N–H and O–H groups in total. The number of aryl methyl sites for hydroxylation is 1. The second-order valence-electron chi connectivity index (χ2n) is 4.32. The third kappa shape index (κ3) is 3.35. The summed E-state index contributed by atoms with van der Waals surface area (Å²) in [5.74, 6) is 0. The maximum absolute atomic E-state index is 12.1. The third-order valence-electron chi connectivity index (χ3n) is 2.73. The average molecular weight is 311 g/mol. The van der Waals surface area contributed by atoms with E-state index >= 15 is 0 Å². The van der Waals surface area contributed by atoms with Gasteiger partial charge < -0.3 is 5.73 Å². The van der Waals surface area contributed by atoms with Gasteiger partial charge in [0.2, 0.25) is 10.0 Å². The number of nitrogens with one attached hydrogen (secondary N) is 1. The van der Waals surface area contributed by atoms with Crippen molar-refractivity contribution in [2.75, 3.05) is 5.73 Å². The van der Waals surface area contributed by atoms with E-state index in [-0.39, 0.29) is 22.8 Å². The van der Waals surface area contributed by atoms with Gasteiger partial charge in [-0.25, -0.2) is 13.1 Å². The van der Waals surface area contributed by atoms with Gasteiger partial charge in [0.1, 0.15) is 5.69 Å². The molecule has 0 spiro atoms. The summed E-state index contributed by atoms with van der Waals surface area (Å²) >= 11 is 0. The number of nitro groups is 1. The summed E-state index contributed by atoms with van der Waals surface area (Å²) in [6, 6.07) is 3.26.